The molecule has 0 radical (unpaired) electrons. The fourth-order valence-corrected chi connectivity index (χ4v) is 2.91. The van der Waals surface area contributed by atoms with E-state index in [2.05, 4.69) is 58.6 Å². The van der Waals surface area contributed by atoms with Crippen LogP contribution in [0.15, 0.2) is 60.7 Å². The number of nitrogens with zero attached hydrogens (tertiary/aromatic N) is 2. The lowest BCUT2D eigenvalue weighted by molar-refractivity contribution is -0.122. The second kappa shape index (κ2) is 10.7. The highest BCUT2D eigenvalue weighted by Gasteiger charge is 2.13. The Morgan fingerprint density at radius 1 is 0.885 bits per heavy atom. The lowest BCUT2D eigenvalue weighted by Crippen LogP contribution is -2.42. The van der Waals surface area contributed by atoms with E-state index in [4.69, 9.17) is 0 Å². The molecule has 0 spiro atoms. The molecule has 0 heterocycles. The zero-order valence-corrected chi connectivity index (χ0v) is 16.2. The Labute approximate surface area is 157 Å². The summed E-state index contributed by atoms with van der Waals surface area (Å²) in [6.07, 6.45) is 0. The van der Waals surface area contributed by atoms with E-state index in [9.17, 15) is 4.79 Å². The maximum absolute atomic E-state index is 12.2. The molecule has 4 heteroatoms. The average molecular weight is 354 g/mol. The minimum atomic E-state index is 0.0849. The smallest absolute Gasteiger partial charge is 0.234 e. The van der Waals surface area contributed by atoms with Crippen LogP contribution < -0.4 is 5.32 Å². The van der Waals surface area contributed by atoms with Crippen LogP contribution in [-0.2, 0) is 17.9 Å². The average Bonchev–Trinajstić information content (AvgIpc) is 2.61. The molecule has 0 unspecified atom stereocenters. The molecule has 0 fully saturated rings. The van der Waals surface area contributed by atoms with Gasteiger partial charge >= 0.3 is 0 Å². The van der Waals surface area contributed by atoms with Crippen LogP contribution >= 0.6 is 0 Å². The van der Waals surface area contributed by atoms with Crippen molar-refractivity contribution >= 4 is 5.91 Å². The van der Waals surface area contributed by atoms with Crippen LogP contribution in [0.3, 0.4) is 0 Å². The van der Waals surface area contributed by atoms with Gasteiger partial charge < -0.3 is 10.2 Å². The molecule has 4 nitrogen and oxygen atoms in total. The summed E-state index contributed by atoms with van der Waals surface area (Å²) in [5.74, 6) is 0.0849. The number of carbonyl (C=O) groups excluding carboxylic acids is 1. The molecule has 0 aliphatic heterocycles. The van der Waals surface area contributed by atoms with Crippen molar-refractivity contribution in [2.75, 3.05) is 26.7 Å². The molecule has 0 aliphatic rings. The number of hydrogen-bond donors (Lipinski definition) is 1. The molecule has 0 bridgehead atoms. The molecule has 0 saturated carbocycles. The molecule has 140 valence electrons. The second-order valence-corrected chi connectivity index (χ2v) is 7.14. The first-order valence-corrected chi connectivity index (χ1v) is 9.31. The highest BCUT2D eigenvalue weighted by atomic mass is 16.2. The molecule has 0 saturated heterocycles. The predicted molar refractivity (Wildman–Crippen MR) is 108 cm³/mol. The van der Waals surface area contributed by atoms with Crippen LogP contribution in [0.2, 0.25) is 0 Å². The van der Waals surface area contributed by atoms with E-state index in [-0.39, 0.29) is 11.9 Å². The Morgan fingerprint density at radius 2 is 1.42 bits per heavy atom. The highest BCUT2D eigenvalue weighted by Crippen LogP contribution is 2.06. The lowest BCUT2D eigenvalue weighted by Gasteiger charge is -2.25. The maximum Gasteiger partial charge on any atom is 0.234 e. The Balaban J connectivity index is 1.90. The molecule has 26 heavy (non-hydrogen) atoms. The summed E-state index contributed by atoms with van der Waals surface area (Å²) in [6, 6.07) is 21.0. The van der Waals surface area contributed by atoms with Gasteiger partial charge in [0.25, 0.3) is 0 Å². The van der Waals surface area contributed by atoms with Crippen LogP contribution in [0, 0.1) is 0 Å². The summed E-state index contributed by atoms with van der Waals surface area (Å²) in [6.45, 7) is 7.87. The van der Waals surface area contributed by atoms with Crippen molar-refractivity contribution in [1.29, 1.82) is 0 Å². The Kier molecular flexibility index (Phi) is 8.32. The minimum absolute atomic E-state index is 0.0849. The van der Waals surface area contributed by atoms with Crippen molar-refractivity contribution < 1.29 is 4.79 Å². The molecule has 0 aliphatic carbocycles. The topological polar surface area (TPSA) is 35.6 Å². The Bertz CT molecular complexity index is 643. The van der Waals surface area contributed by atoms with Crippen molar-refractivity contribution in [3.8, 4) is 0 Å². The van der Waals surface area contributed by atoms with Gasteiger partial charge in [-0.05, 0) is 32.0 Å². The van der Waals surface area contributed by atoms with Gasteiger partial charge in [-0.1, -0.05) is 60.7 Å². The van der Waals surface area contributed by atoms with Crippen LogP contribution in [0.4, 0.5) is 0 Å². The van der Waals surface area contributed by atoms with Gasteiger partial charge in [0.1, 0.15) is 0 Å². The van der Waals surface area contributed by atoms with Crippen molar-refractivity contribution in [1.82, 2.24) is 15.1 Å². The predicted octanol–water partition coefficient (Wildman–Crippen LogP) is 3.15. The van der Waals surface area contributed by atoms with Crippen LogP contribution in [0.5, 0.6) is 0 Å². The molecule has 2 aromatic rings. The summed E-state index contributed by atoms with van der Waals surface area (Å²) in [7, 11) is 2.13. The Morgan fingerprint density at radius 3 is 1.96 bits per heavy atom. The Hall–Kier alpha value is -2.17. The third kappa shape index (κ3) is 7.81. The largest absolute Gasteiger partial charge is 0.353 e. The van der Waals surface area contributed by atoms with Gasteiger partial charge in [0.05, 0.1) is 6.54 Å². The summed E-state index contributed by atoms with van der Waals surface area (Å²) >= 11 is 0. The number of benzene rings is 2. The van der Waals surface area contributed by atoms with E-state index in [1.54, 1.807) is 0 Å². The van der Waals surface area contributed by atoms with Gasteiger partial charge in [-0.25, -0.2) is 0 Å². The highest BCUT2D eigenvalue weighted by molar-refractivity contribution is 5.78. The third-order valence-corrected chi connectivity index (χ3v) is 4.16. The first kappa shape index (κ1) is 20.1. The summed E-state index contributed by atoms with van der Waals surface area (Å²) < 4.78 is 0. The van der Waals surface area contributed by atoms with Crippen molar-refractivity contribution in [3.05, 3.63) is 71.8 Å². The van der Waals surface area contributed by atoms with Crippen LogP contribution in [0.25, 0.3) is 0 Å². The van der Waals surface area contributed by atoms with Crippen molar-refractivity contribution in [2.45, 2.75) is 33.0 Å². The van der Waals surface area contributed by atoms with Gasteiger partial charge in [0.2, 0.25) is 5.91 Å². The number of carbonyl (C=O) groups is 1. The minimum Gasteiger partial charge on any atom is -0.353 e. The number of amides is 1. The molecule has 2 rings (SSSR count). The number of likely N-dealkylation sites (N-methyl/N-ethyl adjacent to an activating group) is 1. The van der Waals surface area contributed by atoms with Crippen molar-refractivity contribution in [3.63, 3.8) is 0 Å². The van der Waals surface area contributed by atoms with Crippen LogP contribution in [0.1, 0.15) is 25.0 Å². The second-order valence-electron chi connectivity index (χ2n) is 7.14. The van der Waals surface area contributed by atoms with E-state index in [0.717, 1.165) is 26.2 Å². The molecule has 0 aromatic heterocycles. The van der Waals surface area contributed by atoms with Gasteiger partial charge in [0, 0.05) is 32.2 Å². The SMILES string of the molecule is CC(C)NC(=O)CN(CCN(C)Cc1ccccc1)Cc1ccccc1. The normalized spacial score (nSPS) is 11.3. The number of nitrogens with one attached hydrogen (secondary N) is 1. The van der Waals surface area contributed by atoms with Crippen molar-refractivity contribution in [2.24, 2.45) is 0 Å². The summed E-state index contributed by atoms with van der Waals surface area (Å²) in [5.41, 5.74) is 2.54. The van der Waals surface area contributed by atoms with Gasteiger partial charge in [-0.15, -0.1) is 0 Å². The molecule has 2 aromatic carbocycles. The van der Waals surface area contributed by atoms with Gasteiger partial charge in [0.15, 0.2) is 0 Å². The third-order valence-electron chi connectivity index (χ3n) is 4.16. The fraction of sp³-hybridized carbons (Fsp3) is 0.409. The first-order valence-electron chi connectivity index (χ1n) is 9.31. The number of hydrogen-bond acceptors (Lipinski definition) is 3. The maximum atomic E-state index is 12.2. The standard InChI is InChI=1S/C22H31N3O/c1-19(2)23-22(26)18-25(17-21-12-8-5-9-13-21)15-14-24(3)16-20-10-6-4-7-11-20/h4-13,19H,14-18H2,1-3H3,(H,23,26). The quantitative estimate of drug-likeness (QED) is 0.713. The van der Waals surface area contributed by atoms with E-state index in [1.807, 2.05) is 38.1 Å². The molecule has 0 atom stereocenters. The van der Waals surface area contributed by atoms with E-state index in [1.165, 1.54) is 11.1 Å². The van der Waals surface area contributed by atoms with Gasteiger partial charge in [-0.2, -0.15) is 0 Å². The molecule has 1 N–H and O–H groups in total. The van der Waals surface area contributed by atoms with Gasteiger partial charge in [-0.3, -0.25) is 9.69 Å². The fourth-order valence-electron chi connectivity index (χ4n) is 2.91. The van der Waals surface area contributed by atoms with E-state index in [0.29, 0.717) is 6.54 Å². The number of rotatable bonds is 10. The summed E-state index contributed by atoms with van der Waals surface area (Å²) in [4.78, 5) is 16.7. The first-order chi connectivity index (χ1) is 12.5. The zero-order chi connectivity index (χ0) is 18.8. The van der Waals surface area contributed by atoms with Crippen LogP contribution in [-0.4, -0.2) is 48.4 Å². The lowest BCUT2D eigenvalue weighted by atomic mass is 10.2. The summed E-state index contributed by atoms with van der Waals surface area (Å²) in [5, 5.41) is 2.99. The molecule has 1 amide bonds. The molecular weight excluding hydrogens is 322 g/mol. The zero-order valence-electron chi connectivity index (χ0n) is 16.2. The van der Waals surface area contributed by atoms with E-state index >= 15 is 0 Å². The van der Waals surface area contributed by atoms with E-state index < -0.39 is 0 Å². The monoisotopic (exact) mass is 353 g/mol. The molecular formula is C22H31N3O.